The number of carbonyl (C=O) groups is 2. The summed E-state index contributed by atoms with van der Waals surface area (Å²) in [4.78, 5) is 27.4. The molecule has 4 aromatic rings. The Hall–Kier alpha value is -3.81. The van der Waals surface area contributed by atoms with E-state index in [0.717, 1.165) is 11.1 Å². The van der Waals surface area contributed by atoms with E-state index in [1.165, 1.54) is 13.0 Å². The van der Waals surface area contributed by atoms with Gasteiger partial charge in [-0.15, -0.1) is 6.58 Å². The zero-order valence-electron chi connectivity index (χ0n) is 32.9. The maximum Gasteiger partial charge on any atom is 1.00 e. The van der Waals surface area contributed by atoms with Gasteiger partial charge in [0.2, 0.25) is 10.4 Å². The Morgan fingerprint density at radius 3 is 1.51 bits per heavy atom. The summed E-state index contributed by atoms with van der Waals surface area (Å²) in [6.45, 7) is 6.73. The molecule has 0 aromatic heterocycles. The van der Waals surface area contributed by atoms with Crippen LogP contribution in [0.2, 0.25) is 0 Å². The van der Waals surface area contributed by atoms with Crippen molar-refractivity contribution >= 4 is 22.3 Å². The molecule has 6 rings (SSSR count). The Kier molecular flexibility index (Phi) is 17.4. The van der Waals surface area contributed by atoms with Crippen molar-refractivity contribution < 1.29 is 94.2 Å². The van der Waals surface area contributed by atoms with E-state index >= 15 is 0 Å². The van der Waals surface area contributed by atoms with E-state index < -0.39 is 83.7 Å². The molecule has 2 aliphatic rings. The number of carbonyl (C=O) groups excluding carboxylic acids is 2. The first-order valence-corrected chi connectivity index (χ1v) is 20.0. The fourth-order valence-corrected chi connectivity index (χ4v) is 7.18. The molecule has 2 saturated heterocycles. The van der Waals surface area contributed by atoms with Crippen molar-refractivity contribution in [2.24, 2.45) is 0 Å². The fourth-order valence-electron chi connectivity index (χ4n) is 6.64. The van der Waals surface area contributed by atoms with Gasteiger partial charge >= 0.3 is 41.5 Å². The summed E-state index contributed by atoms with van der Waals surface area (Å²) in [6, 6.07) is 34.7. The normalized spacial score (nSPS) is 26.8. The first-order valence-electron chi connectivity index (χ1n) is 18.7. The van der Waals surface area contributed by atoms with E-state index in [1.54, 1.807) is 67.6 Å². The zero-order valence-corrected chi connectivity index (χ0v) is 35.7. The Bertz CT molecular complexity index is 2030. The van der Waals surface area contributed by atoms with Crippen molar-refractivity contribution in [2.75, 3.05) is 6.61 Å². The SMILES string of the molecule is C=CCO[C@@H]1O[C@@H](C)[C@@H](OS(=O)(=O)[O-])[C@@H](O[C@@H]2O[C@@H](C)[C@@H](OC(=O)c3ccccc3)[C@@H](OC(=O)c3ccccc3)[C@@H]2OCc2ccccc2)[C@@H]1OCc1ccccc1.[Na+]. The van der Waals surface area contributed by atoms with Gasteiger partial charge in [0, 0.05) is 0 Å². The Balaban J connectivity index is 0.00000661. The van der Waals surface area contributed by atoms with E-state index in [2.05, 4.69) is 6.58 Å². The Labute approximate surface area is 365 Å². The van der Waals surface area contributed by atoms with Crippen LogP contribution in [-0.4, -0.2) is 92.9 Å². The van der Waals surface area contributed by atoms with Gasteiger partial charge in [-0.3, -0.25) is 4.18 Å². The van der Waals surface area contributed by atoms with Gasteiger partial charge in [-0.1, -0.05) is 103 Å². The second-order valence-electron chi connectivity index (χ2n) is 13.6. The van der Waals surface area contributed by atoms with E-state index in [4.69, 9.17) is 42.1 Å². The average Bonchev–Trinajstić information content (AvgIpc) is 3.23. The molecule has 0 amide bonds. The molecule has 0 radical (unpaired) electrons. The van der Waals surface area contributed by atoms with Gasteiger partial charge in [0.1, 0.15) is 24.4 Å². The number of esters is 2. The van der Waals surface area contributed by atoms with E-state index in [1.807, 2.05) is 60.7 Å². The molecule has 2 heterocycles. The van der Waals surface area contributed by atoms with Crippen LogP contribution in [0.3, 0.4) is 0 Å². The molecular weight excluding hydrogens is 796 g/mol. The molecule has 0 aliphatic carbocycles. The van der Waals surface area contributed by atoms with Gasteiger partial charge in [0.05, 0.1) is 43.2 Å². The average molecular weight is 841 g/mol. The van der Waals surface area contributed by atoms with Crippen molar-refractivity contribution in [1.29, 1.82) is 0 Å². The second kappa shape index (κ2) is 22.2. The van der Waals surface area contributed by atoms with Crippen LogP contribution in [0.5, 0.6) is 0 Å². The largest absolute Gasteiger partial charge is 1.00 e. The van der Waals surface area contributed by atoms with Crippen LogP contribution in [0.25, 0.3) is 0 Å². The number of benzene rings is 4. The van der Waals surface area contributed by atoms with Gasteiger partial charge in [-0.2, -0.15) is 0 Å². The molecule has 16 heteroatoms. The smallest absolute Gasteiger partial charge is 0.726 e. The van der Waals surface area contributed by atoms with Crippen LogP contribution < -0.4 is 29.6 Å². The number of rotatable bonds is 17. The molecule has 0 bridgehead atoms. The monoisotopic (exact) mass is 840 g/mol. The molecule has 0 saturated carbocycles. The van der Waals surface area contributed by atoms with Gasteiger partial charge in [0.15, 0.2) is 24.8 Å². The number of hydrogen-bond donors (Lipinski definition) is 0. The van der Waals surface area contributed by atoms with E-state index in [9.17, 15) is 22.6 Å². The minimum atomic E-state index is -5.35. The second-order valence-corrected chi connectivity index (χ2v) is 14.6. The van der Waals surface area contributed by atoms with Gasteiger partial charge < -0.3 is 42.4 Å². The third-order valence-corrected chi connectivity index (χ3v) is 9.89. The third kappa shape index (κ3) is 12.8. The van der Waals surface area contributed by atoms with Crippen molar-refractivity contribution in [3.05, 3.63) is 156 Å². The van der Waals surface area contributed by atoms with Gasteiger partial charge in [-0.25, -0.2) is 18.0 Å². The predicted octanol–water partition coefficient (Wildman–Crippen LogP) is 2.54. The zero-order chi connectivity index (χ0) is 41.1. The molecule has 10 atom stereocenters. The molecular formula is C43H45NaO14S. The minimum absolute atomic E-state index is 0. The molecule has 0 spiro atoms. The molecule has 59 heavy (non-hydrogen) atoms. The van der Waals surface area contributed by atoms with Crippen molar-refractivity contribution in [3.8, 4) is 0 Å². The first-order chi connectivity index (χ1) is 28.0. The number of ether oxygens (including phenoxy) is 8. The summed E-state index contributed by atoms with van der Waals surface area (Å²) >= 11 is 0. The summed E-state index contributed by atoms with van der Waals surface area (Å²) in [5.74, 6) is -1.47. The Morgan fingerprint density at radius 1 is 0.610 bits per heavy atom. The summed E-state index contributed by atoms with van der Waals surface area (Å²) in [5, 5.41) is 0. The van der Waals surface area contributed by atoms with Gasteiger partial charge in [-0.05, 0) is 49.2 Å². The molecule has 2 aliphatic heterocycles. The molecule has 308 valence electrons. The molecule has 4 aromatic carbocycles. The fraction of sp³-hybridized carbons (Fsp3) is 0.349. The standard InChI is InChI=1S/C43H46O14S.Na/c1-4-25-49-42-38(50-26-30-17-9-5-10-18-30)37(35(29(3)52-42)57-58(46,47)48)56-43-39(51-27-31-19-11-6-12-20-31)36(55-41(45)33-23-15-8-16-24-33)34(28(2)53-43)54-40(44)32-21-13-7-14-22-32;/h4-24,28-29,34-39,42-43H,1,25-27H2,2-3H3,(H,46,47,48);/q;+1/p-1/t28-,29-,34+,35+,36+,37+,38-,39-,42+,43-;/m0./s1. The number of hydrogen-bond acceptors (Lipinski definition) is 14. The molecule has 0 unspecified atom stereocenters. The van der Waals surface area contributed by atoms with Crippen LogP contribution in [0.1, 0.15) is 45.7 Å². The predicted molar refractivity (Wildman–Crippen MR) is 206 cm³/mol. The first kappa shape index (κ1) is 46.3. The summed E-state index contributed by atoms with van der Waals surface area (Å²) < 4.78 is 92.0. The third-order valence-electron chi connectivity index (χ3n) is 9.43. The van der Waals surface area contributed by atoms with Crippen molar-refractivity contribution in [1.82, 2.24) is 0 Å². The van der Waals surface area contributed by atoms with Gasteiger partial charge in [0.25, 0.3) is 0 Å². The topological polar surface area (TPSA) is 174 Å². The summed E-state index contributed by atoms with van der Waals surface area (Å²) in [7, 11) is -5.35. The maximum atomic E-state index is 13.8. The quantitative estimate of drug-likeness (QED) is 0.0499. The summed E-state index contributed by atoms with van der Waals surface area (Å²) in [5.41, 5.74) is 1.92. The van der Waals surface area contributed by atoms with Crippen LogP contribution >= 0.6 is 0 Å². The molecule has 2 fully saturated rings. The van der Waals surface area contributed by atoms with E-state index in [-0.39, 0.29) is 60.5 Å². The minimum Gasteiger partial charge on any atom is -0.726 e. The van der Waals surface area contributed by atoms with Crippen molar-refractivity contribution in [2.45, 2.75) is 88.5 Å². The van der Waals surface area contributed by atoms with E-state index in [0.29, 0.717) is 0 Å². The van der Waals surface area contributed by atoms with Crippen LogP contribution in [0.4, 0.5) is 0 Å². The van der Waals surface area contributed by atoms with Crippen molar-refractivity contribution in [3.63, 3.8) is 0 Å². The molecule has 14 nitrogen and oxygen atoms in total. The van der Waals surface area contributed by atoms with Crippen LogP contribution in [0.15, 0.2) is 134 Å². The maximum absolute atomic E-state index is 13.8. The Morgan fingerprint density at radius 2 is 1.03 bits per heavy atom. The van der Waals surface area contributed by atoms with Crippen LogP contribution in [-0.2, 0) is 65.7 Å². The molecule has 0 N–H and O–H groups in total. The van der Waals surface area contributed by atoms with Crippen LogP contribution in [0, 0.1) is 0 Å². The summed E-state index contributed by atoms with van der Waals surface area (Å²) in [6.07, 6.45) is -11.6.